The molecule has 1 heterocycles. The molecule has 0 fully saturated rings. The normalized spacial score (nSPS) is 10.0. The molecule has 1 rings (SSSR count). The fourth-order valence-electron chi connectivity index (χ4n) is 0.613. The first-order chi connectivity index (χ1) is 4.34. The van der Waals surface area contributed by atoms with Crippen LogP contribution in [0.2, 0.25) is 0 Å². The Morgan fingerprint density at radius 1 is 1.78 bits per heavy atom. The van der Waals surface area contributed by atoms with Gasteiger partial charge in [-0.2, -0.15) is 11.8 Å². The van der Waals surface area contributed by atoms with Crippen LogP contribution in [0.15, 0.2) is 10.7 Å². The molecule has 1 aromatic rings. The van der Waals surface area contributed by atoms with E-state index < -0.39 is 0 Å². The number of nitrogens with zero attached hydrogens (tertiary/aromatic N) is 1. The molecule has 0 aliphatic rings. The molecule has 9 heavy (non-hydrogen) atoms. The van der Waals surface area contributed by atoms with Gasteiger partial charge < -0.3 is 4.52 Å². The molecule has 0 saturated heterocycles. The standard InChI is InChI=1S/C6H9NOS/c1-5-6(4-9-2)3-7-8-5/h3H,4H2,1-2H3. The van der Waals surface area contributed by atoms with Gasteiger partial charge in [-0.05, 0) is 13.2 Å². The van der Waals surface area contributed by atoms with Gasteiger partial charge in [0.25, 0.3) is 0 Å². The van der Waals surface area contributed by atoms with E-state index in [1.807, 2.05) is 6.92 Å². The maximum Gasteiger partial charge on any atom is 0.137 e. The number of hydrogen-bond donors (Lipinski definition) is 0. The Kier molecular flexibility index (Phi) is 2.16. The van der Waals surface area contributed by atoms with E-state index in [9.17, 15) is 0 Å². The summed E-state index contributed by atoms with van der Waals surface area (Å²) in [5.41, 5.74) is 1.20. The van der Waals surface area contributed by atoms with Gasteiger partial charge in [-0.15, -0.1) is 0 Å². The van der Waals surface area contributed by atoms with Gasteiger partial charge in [0.2, 0.25) is 0 Å². The molecule has 0 bridgehead atoms. The lowest BCUT2D eigenvalue weighted by molar-refractivity contribution is 0.396. The Labute approximate surface area is 58.6 Å². The van der Waals surface area contributed by atoms with E-state index in [1.165, 1.54) is 5.56 Å². The summed E-state index contributed by atoms with van der Waals surface area (Å²) in [6, 6.07) is 0. The zero-order chi connectivity index (χ0) is 6.69. The topological polar surface area (TPSA) is 26.0 Å². The summed E-state index contributed by atoms with van der Waals surface area (Å²) in [5, 5.41) is 3.65. The van der Waals surface area contributed by atoms with Crippen molar-refractivity contribution < 1.29 is 4.52 Å². The van der Waals surface area contributed by atoms with E-state index in [0.717, 1.165) is 11.5 Å². The molecule has 0 saturated carbocycles. The van der Waals surface area contributed by atoms with Crippen molar-refractivity contribution in [2.75, 3.05) is 6.26 Å². The second-order valence-electron chi connectivity index (χ2n) is 1.84. The van der Waals surface area contributed by atoms with E-state index in [0.29, 0.717) is 0 Å². The predicted molar refractivity (Wildman–Crippen MR) is 38.5 cm³/mol. The molecule has 50 valence electrons. The number of rotatable bonds is 2. The lowest BCUT2D eigenvalue weighted by Crippen LogP contribution is -1.76. The Hall–Kier alpha value is -0.440. The number of hydrogen-bond acceptors (Lipinski definition) is 3. The van der Waals surface area contributed by atoms with Crippen molar-refractivity contribution in [2.24, 2.45) is 0 Å². The molecule has 0 aromatic carbocycles. The van der Waals surface area contributed by atoms with Crippen molar-refractivity contribution in [1.29, 1.82) is 0 Å². The van der Waals surface area contributed by atoms with Gasteiger partial charge in [-0.3, -0.25) is 0 Å². The molecule has 0 radical (unpaired) electrons. The maximum atomic E-state index is 4.85. The third-order valence-electron chi connectivity index (χ3n) is 1.15. The van der Waals surface area contributed by atoms with Crippen molar-refractivity contribution in [3.05, 3.63) is 17.5 Å². The van der Waals surface area contributed by atoms with Gasteiger partial charge in [0.15, 0.2) is 0 Å². The molecule has 0 aliphatic carbocycles. The van der Waals surface area contributed by atoms with Crippen LogP contribution < -0.4 is 0 Å². The summed E-state index contributed by atoms with van der Waals surface area (Å²) < 4.78 is 4.85. The molecule has 3 heteroatoms. The van der Waals surface area contributed by atoms with Crippen molar-refractivity contribution in [2.45, 2.75) is 12.7 Å². The fraction of sp³-hybridized carbons (Fsp3) is 0.500. The van der Waals surface area contributed by atoms with Crippen LogP contribution in [0.25, 0.3) is 0 Å². The minimum atomic E-state index is 0.935. The summed E-state index contributed by atoms with van der Waals surface area (Å²) in [4.78, 5) is 0. The van der Waals surface area contributed by atoms with Crippen LogP contribution in [-0.4, -0.2) is 11.4 Å². The Morgan fingerprint density at radius 3 is 3.00 bits per heavy atom. The van der Waals surface area contributed by atoms with Crippen LogP contribution in [0, 0.1) is 6.92 Å². The van der Waals surface area contributed by atoms with E-state index in [4.69, 9.17) is 4.52 Å². The van der Waals surface area contributed by atoms with E-state index in [-0.39, 0.29) is 0 Å². The monoisotopic (exact) mass is 143 g/mol. The summed E-state index contributed by atoms with van der Waals surface area (Å²) in [6.45, 7) is 1.93. The van der Waals surface area contributed by atoms with Crippen LogP contribution in [0.4, 0.5) is 0 Å². The summed E-state index contributed by atoms with van der Waals surface area (Å²) in [6.07, 6.45) is 3.83. The first kappa shape index (κ1) is 6.68. The molecule has 0 atom stereocenters. The fourth-order valence-corrected chi connectivity index (χ4v) is 1.20. The minimum Gasteiger partial charge on any atom is -0.361 e. The van der Waals surface area contributed by atoms with Crippen LogP contribution in [0.1, 0.15) is 11.3 Å². The van der Waals surface area contributed by atoms with Gasteiger partial charge in [0, 0.05) is 11.3 Å². The van der Waals surface area contributed by atoms with Crippen molar-refractivity contribution in [3.63, 3.8) is 0 Å². The Bertz CT molecular complexity index is 185. The van der Waals surface area contributed by atoms with Crippen molar-refractivity contribution in [1.82, 2.24) is 5.16 Å². The first-order valence-corrected chi connectivity index (χ1v) is 4.13. The second kappa shape index (κ2) is 2.92. The highest BCUT2D eigenvalue weighted by molar-refractivity contribution is 7.97. The highest BCUT2D eigenvalue weighted by Crippen LogP contribution is 2.12. The molecule has 0 N–H and O–H groups in total. The van der Waals surface area contributed by atoms with E-state index >= 15 is 0 Å². The van der Waals surface area contributed by atoms with Crippen LogP contribution in [0.5, 0.6) is 0 Å². The molecule has 2 nitrogen and oxygen atoms in total. The van der Waals surface area contributed by atoms with Crippen molar-refractivity contribution >= 4 is 11.8 Å². The quantitative estimate of drug-likeness (QED) is 0.632. The van der Waals surface area contributed by atoms with Gasteiger partial charge in [-0.1, -0.05) is 5.16 Å². The third-order valence-corrected chi connectivity index (χ3v) is 1.75. The van der Waals surface area contributed by atoms with Crippen LogP contribution >= 0.6 is 11.8 Å². The first-order valence-electron chi connectivity index (χ1n) is 2.73. The average Bonchev–Trinajstić information content (AvgIpc) is 2.18. The van der Waals surface area contributed by atoms with E-state index in [2.05, 4.69) is 11.4 Å². The molecular weight excluding hydrogens is 134 g/mol. The zero-order valence-corrected chi connectivity index (χ0v) is 6.36. The van der Waals surface area contributed by atoms with Gasteiger partial charge in [0.05, 0.1) is 6.20 Å². The summed E-state index contributed by atoms with van der Waals surface area (Å²) in [5.74, 6) is 1.93. The molecule has 0 spiro atoms. The predicted octanol–water partition coefficient (Wildman–Crippen LogP) is 1.85. The molecular formula is C6H9NOS. The SMILES string of the molecule is CSCc1cnoc1C. The van der Waals surface area contributed by atoms with Crippen LogP contribution in [-0.2, 0) is 5.75 Å². The number of aromatic nitrogens is 1. The lowest BCUT2D eigenvalue weighted by atomic mass is 10.3. The number of thioether (sulfide) groups is 1. The second-order valence-corrected chi connectivity index (χ2v) is 2.71. The third kappa shape index (κ3) is 1.48. The maximum absolute atomic E-state index is 4.85. The lowest BCUT2D eigenvalue weighted by Gasteiger charge is -1.88. The highest BCUT2D eigenvalue weighted by atomic mass is 32.2. The summed E-state index contributed by atoms with van der Waals surface area (Å²) >= 11 is 1.77. The van der Waals surface area contributed by atoms with Gasteiger partial charge >= 0.3 is 0 Å². The Morgan fingerprint density at radius 2 is 2.56 bits per heavy atom. The van der Waals surface area contributed by atoms with Crippen molar-refractivity contribution in [3.8, 4) is 0 Å². The highest BCUT2D eigenvalue weighted by Gasteiger charge is 1.99. The zero-order valence-electron chi connectivity index (χ0n) is 5.55. The molecule has 0 amide bonds. The summed E-state index contributed by atoms with van der Waals surface area (Å²) in [7, 11) is 0. The number of aryl methyl sites for hydroxylation is 1. The molecule has 0 aliphatic heterocycles. The smallest absolute Gasteiger partial charge is 0.137 e. The Balaban J connectivity index is 2.69. The average molecular weight is 143 g/mol. The molecule has 1 aromatic heterocycles. The minimum absolute atomic E-state index is 0.935. The van der Waals surface area contributed by atoms with Crippen LogP contribution in [0.3, 0.4) is 0 Å². The molecule has 0 unspecified atom stereocenters. The van der Waals surface area contributed by atoms with Gasteiger partial charge in [-0.25, -0.2) is 0 Å². The van der Waals surface area contributed by atoms with E-state index in [1.54, 1.807) is 18.0 Å². The van der Waals surface area contributed by atoms with Gasteiger partial charge in [0.1, 0.15) is 5.76 Å². The largest absolute Gasteiger partial charge is 0.361 e.